The van der Waals surface area contributed by atoms with E-state index in [9.17, 15) is 4.79 Å². The van der Waals surface area contributed by atoms with Crippen molar-refractivity contribution in [2.24, 2.45) is 5.73 Å². The first-order chi connectivity index (χ1) is 9.47. The van der Waals surface area contributed by atoms with Crippen LogP contribution in [0.15, 0.2) is 24.3 Å². The number of pyridine rings is 1. The first-order valence-electron chi connectivity index (χ1n) is 6.09. The molecule has 0 spiro atoms. The Bertz CT molecular complexity index is 648. The standard InChI is InChI=1S/C14H15ClN2O2S/c1-8-2-3-9-5-10(13(15)17-12(9)4-8)6-20-7-11(16)14(18)19/h2-5,11H,6-7,16H2,1H3,(H,18,19). The van der Waals surface area contributed by atoms with Gasteiger partial charge in [0.25, 0.3) is 0 Å². The summed E-state index contributed by atoms with van der Waals surface area (Å²) in [6.07, 6.45) is 0. The summed E-state index contributed by atoms with van der Waals surface area (Å²) < 4.78 is 0. The van der Waals surface area contributed by atoms with E-state index >= 15 is 0 Å². The highest BCUT2D eigenvalue weighted by Crippen LogP contribution is 2.25. The van der Waals surface area contributed by atoms with Crippen LogP contribution < -0.4 is 5.73 Å². The maximum absolute atomic E-state index is 10.6. The molecule has 1 atom stereocenters. The van der Waals surface area contributed by atoms with Gasteiger partial charge in [0.15, 0.2) is 0 Å². The first kappa shape index (κ1) is 15.1. The lowest BCUT2D eigenvalue weighted by Gasteiger charge is -2.08. The second kappa shape index (κ2) is 6.43. The van der Waals surface area contributed by atoms with E-state index in [1.54, 1.807) is 0 Å². The predicted molar refractivity (Wildman–Crippen MR) is 83.3 cm³/mol. The number of carboxylic acids is 1. The van der Waals surface area contributed by atoms with E-state index in [0.29, 0.717) is 16.7 Å². The van der Waals surface area contributed by atoms with Gasteiger partial charge in [0.05, 0.1) is 5.52 Å². The Labute approximate surface area is 126 Å². The molecule has 20 heavy (non-hydrogen) atoms. The summed E-state index contributed by atoms with van der Waals surface area (Å²) in [5.74, 6) is -0.0514. The number of thioether (sulfide) groups is 1. The molecule has 1 aromatic carbocycles. The van der Waals surface area contributed by atoms with Crippen LogP contribution in [0.2, 0.25) is 5.15 Å². The summed E-state index contributed by atoms with van der Waals surface area (Å²) in [6, 6.07) is 7.15. The molecule has 6 heteroatoms. The number of aromatic nitrogens is 1. The van der Waals surface area contributed by atoms with Crippen molar-refractivity contribution in [3.8, 4) is 0 Å². The molecule has 106 valence electrons. The number of nitrogens with zero attached hydrogens (tertiary/aromatic N) is 1. The smallest absolute Gasteiger partial charge is 0.321 e. The van der Waals surface area contributed by atoms with Gasteiger partial charge in [-0.1, -0.05) is 23.7 Å². The number of aryl methyl sites for hydroxylation is 1. The highest BCUT2D eigenvalue weighted by molar-refractivity contribution is 7.98. The van der Waals surface area contributed by atoms with Crippen molar-refractivity contribution in [1.29, 1.82) is 0 Å². The molecule has 0 saturated heterocycles. The van der Waals surface area contributed by atoms with E-state index in [4.69, 9.17) is 22.4 Å². The third-order valence-electron chi connectivity index (χ3n) is 2.87. The van der Waals surface area contributed by atoms with Crippen molar-refractivity contribution in [2.45, 2.75) is 18.7 Å². The fourth-order valence-corrected chi connectivity index (χ4v) is 3.01. The normalized spacial score (nSPS) is 12.6. The fraction of sp³-hybridized carbons (Fsp3) is 0.286. The summed E-state index contributed by atoms with van der Waals surface area (Å²) >= 11 is 7.60. The zero-order chi connectivity index (χ0) is 14.7. The molecule has 1 aromatic heterocycles. The van der Waals surface area contributed by atoms with Crippen LogP contribution in [-0.4, -0.2) is 27.9 Å². The lowest BCUT2D eigenvalue weighted by Crippen LogP contribution is -2.32. The average Bonchev–Trinajstić information content (AvgIpc) is 2.39. The Kier molecular flexibility index (Phi) is 4.86. The SMILES string of the molecule is Cc1ccc2cc(CSCC(N)C(=O)O)c(Cl)nc2c1. The summed E-state index contributed by atoms with van der Waals surface area (Å²) in [7, 11) is 0. The van der Waals surface area contributed by atoms with E-state index in [2.05, 4.69) is 4.98 Å². The van der Waals surface area contributed by atoms with Gasteiger partial charge in [-0.2, -0.15) is 11.8 Å². The summed E-state index contributed by atoms with van der Waals surface area (Å²) in [6.45, 7) is 2.01. The van der Waals surface area contributed by atoms with Crippen molar-refractivity contribution in [3.63, 3.8) is 0 Å². The molecule has 4 nitrogen and oxygen atoms in total. The van der Waals surface area contributed by atoms with E-state index in [0.717, 1.165) is 22.0 Å². The van der Waals surface area contributed by atoms with E-state index < -0.39 is 12.0 Å². The number of carbonyl (C=O) groups is 1. The van der Waals surface area contributed by atoms with Gasteiger partial charge in [-0.3, -0.25) is 4.79 Å². The second-order valence-corrected chi connectivity index (χ2v) is 5.98. The Morgan fingerprint density at radius 3 is 2.95 bits per heavy atom. The Morgan fingerprint density at radius 1 is 1.50 bits per heavy atom. The Balaban J connectivity index is 2.12. The molecule has 1 unspecified atom stereocenters. The molecule has 3 N–H and O–H groups in total. The van der Waals surface area contributed by atoms with Crippen LogP contribution in [0.3, 0.4) is 0 Å². The molecule has 0 aliphatic rings. The number of rotatable bonds is 5. The van der Waals surface area contributed by atoms with Gasteiger partial charge in [-0.25, -0.2) is 4.98 Å². The van der Waals surface area contributed by atoms with Gasteiger partial charge in [-0.05, 0) is 24.6 Å². The minimum atomic E-state index is -0.990. The van der Waals surface area contributed by atoms with Gasteiger partial charge in [0.1, 0.15) is 11.2 Å². The van der Waals surface area contributed by atoms with E-state index in [1.165, 1.54) is 11.8 Å². The molecule has 0 aliphatic carbocycles. The number of benzene rings is 1. The van der Waals surface area contributed by atoms with Crippen molar-refractivity contribution in [3.05, 3.63) is 40.5 Å². The Hall–Kier alpha value is -1.30. The molecule has 0 amide bonds. The fourth-order valence-electron chi connectivity index (χ4n) is 1.77. The molecular weight excluding hydrogens is 296 g/mol. The van der Waals surface area contributed by atoms with Gasteiger partial charge >= 0.3 is 5.97 Å². The predicted octanol–water partition coefficient (Wildman–Crippen LogP) is 2.84. The van der Waals surface area contributed by atoms with Crippen molar-refractivity contribution in [1.82, 2.24) is 4.98 Å². The first-order valence-corrected chi connectivity index (χ1v) is 7.62. The quantitative estimate of drug-likeness (QED) is 0.830. The molecule has 2 aromatic rings. The maximum Gasteiger partial charge on any atom is 0.321 e. The van der Waals surface area contributed by atoms with Crippen molar-refractivity contribution < 1.29 is 9.90 Å². The van der Waals surface area contributed by atoms with Crippen LogP contribution in [0.4, 0.5) is 0 Å². The number of hydrogen-bond acceptors (Lipinski definition) is 4. The zero-order valence-corrected chi connectivity index (χ0v) is 12.5. The second-order valence-electron chi connectivity index (χ2n) is 4.59. The van der Waals surface area contributed by atoms with Crippen LogP contribution >= 0.6 is 23.4 Å². The maximum atomic E-state index is 10.6. The van der Waals surface area contributed by atoms with E-state index in [-0.39, 0.29) is 0 Å². The molecule has 1 heterocycles. The number of fused-ring (bicyclic) bond motifs is 1. The van der Waals surface area contributed by atoms with Gasteiger partial charge in [-0.15, -0.1) is 0 Å². The van der Waals surface area contributed by atoms with Gasteiger partial charge in [0, 0.05) is 22.5 Å². The Morgan fingerprint density at radius 2 is 2.25 bits per heavy atom. The van der Waals surface area contributed by atoms with Crippen LogP contribution in [0, 0.1) is 6.92 Å². The molecule has 0 bridgehead atoms. The molecule has 0 fully saturated rings. The third kappa shape index (κ3) is 3.62. The number of halogens is 1. The van der Waals surface area contributed by atoms with Crippen LogP contribution in [0.1, 0.15) is 11.1 Å². The summed E-state index contributed by atoms with van der Waals surface area (Å²) in [5.41, 5.74) is 8.35. The van der Waals surface area contributed by atoms with Crippen LogP contribution in [0.5, 0.6) is 0 Å². The molecule has 0 radical (unpaired) electrons. The molecule has 0 aliphatic heterocycles. The molecule has 0 saturated carbocycles. The highest BCUT2D eigenvalue weighted by atomic mass is 35.5. The summed E-state index contributed by atoms with van der Waals surface area (Å²) in [4.78, 5) is 15.0. The zero-order valence-electron chi connectivity index (χ0n) is 11.0. The third-order valence-corrected chi connectivity index (χ3v) is 4.31. The molecule has 2 rings (SSSR count). The lowest BCUT2D eigenvalue weighted by atomic mass is 10.1. The number of nitrogens with two attached hydrogens (primary N) is 1. The number of aliphatic carboxylic acids is 1. The van der Waals surface area contributed by atoms with Crippen LogP contribution in [-0.2, 0) is 10.5 Å². The van der Waals surface area contributed by atoms with Crippen molar-refractivity contribution >= 4 is 40.2 Å². The number of hydrogen-bond donors (Lipinski definition) is 2. The summed E-state index contributed by atoms with van der Waals surface area (Å²) in [5, 5.41) is 10.2. The highest BCUT2D eigenvalue weighted by Gasteiger charge is 2.12. The van der Waals surface area contributed by atoms with Crippen molar-refractivity contribution in [2.75, 3.05) is 5.75 Å². The average molecular weight is 311 g/mol. The lowest BCUT2D eigenvalue weighted by molar-refractivity contribution is -0.137. The number of carboxylic acid groups (broad SMARTS) is 1. The minimum absolute atomic E-state index is 0.345. The van der Waals surface area contributed by atoms with Crippen LogP contribution in [0.25, 0.3) is 10.9 Å². The minimum Gasteiger partial charge on any atom is -0.480 e. The van der Waals surface area contributed by atoms with E-state index in [1.807, 2.05) is 31.2 Å². The molecular formula is C14H15ClN2O2S. The van der Waals surface area contributed by atoms with Gasteiger partial charge in [0.2, 0.25) is 0 Å². The van der Waals surface area contributed by atoms with Gasteiger partial charge < -0.3 is 10.8 Å². The largest absolute Gasteiger partial charge is 0.480 e. The topological polar surface area (TPSA) is 76.2 Å². The monoisotopic (exact) mass is 310 g/mol.